The summed E-state index contributed by atoms with van der Waals surface area (Å²) in [6, 6.07) is 0. The van der Waals surface area contributed by atoms with Crippen molar-refractivity contribution < 1.29 is 0 Å². The van der Waals surface area contributed by atoms with Gasteiger partial charge in [0.2, 0.25) is 0 Å². The van der Waals surface area contributed by atoms with Crippen LogP contribution in [-0.2, 0) is 0 Å². The molecule has 0 heterocycles. The molecule has 0 saturated heterocycles. The highest BCUT2D eigenvalue weighted by molar-refractivity contribution is 6.10. The molecule has 0 aromatic heterocycles. The summed E-state index contributed by atoms with van der Waals surface area (Å²) in [5, 5.41) is 0. The highest BCUT2D eigenvalue weighted by Crippen LogP contribution is 2.12. The zero-order chi connectivity index (χ0) is 10.4. The second-order valence-electron chi connectivity index (χ2n) is 3.29. The summed E-state index contributed by atoms with van der Waals surface area (Å²) in [7, 11) is 1.83. The van der Waals surface area contributed by atoms with Gasteiger partial charge in [-0.1, -0.05) is 36.0 Å². The highest BCUT2D eigenvalue weighted by atomic mass is 14.7. The number of allylic oxidation sites excluding steroid dienone is 8. The molecule has 1 rings (SSSR count). The monoisotopic (exact) mass is 187 g/mol. The lowest BCUT2D eigenvalue weighted by Gasteiger charge is -2.00. The second kappa shape index (κ2) is 5.38. The molecule has 0 aromatic rings. The van der Waals surface area contributed by atoms with Gasteiger partial charge in [-0.15, -0.1) is 0 Å². The van der Waals surface area contributed by atoms with E-state index in [9.17, 15) is 0 Å². The smallest absolute Gasteiger partial charge is 0.0639 e. The average Bonchev–Trinajstić information content (AvgIpc) is 2.39. The van der Waals surface area contributed by atoms with Gasteiger partial charge < -0.3 is 0 Å². The third-order valence-electron chi connectivity index (χ3n) is 2.12. The minimum absolute atomic E-state index is 1.01. The van der Waals surface area contributed by atoms with Crippen LogP contribution in [0.3, 0.4) is 0 Å². The molecule has 0 N–H and O–H groups in total. The Kier molecular flexibility index (Phi) is 4.11. The van der Waals surface area contributed by atoms with E-state index < -0.39 is 0 Å². The highest BCUT2D eigenvalue weighted by Gasteiger charge is 2.01. The first-order chi connectivity index (χ1) is 6.77. The van der Waals surface area contributed by atoms with E-state index in [2.05, 4.69) is 36.2 Å². The lowest BCUT2D eigenvalue weighted by atomic mass is 10.1. The molecular formula is C13H17N. The van der Waals surface area contributed by atoms with E-state index in [-0.39, 0.29) is 0 Å². The van der Waals surface area contributed by atoms with E-state index in [0.29, 0.717) is 0 Å². The van der Waals surface area contributed by atoms with Gasteiger partial charge in [0.1, 0.15) is 0 Å². The van der Waals surface area contributed by atoms with E-state index in [1.54, 1.807) is 0 Å². The predicted molar refractivity (Wildman–Crippen MR) is 63.8 cm³/mol. The SMILES string of the molecule is C/C=C\C(=N/C)C1=CC(C)=CCC=C1. The van der Waals surface area contributed by atoms with Gasteiger partial charge in [0.25, 0.3) is 0 Å². The minimum atomic E-state index is 1.01. The Morgan fingerprint density at radius 1 is 1.50 bits per heavy atom. The Morgan fingerprint density at radius 3 is 2.93 bits per heavy atom. The number of hydrogen-bond acceptors (Lipinski definition) is 1. The first-order valence-electron chi connectivity index (χ1n) is 4.92. The van der Waals surface area contributed by atoms with Crippen molar-refractivity contribution in [2.75, 3.05) is 7.05 Å². The van der Waals surface area contributed by atoms with Crippen LogP contribution in [0.4, 0.5) is 0 Å². The molecule has 0 spiro atoms. The van der Waals surface area contributed by atoms with E-state index in [0.717, 1.165) is 12.1 Å². The van der Waals surface area contributed by atoms with Crippen LogP contribution in [0.5, 0.6) is 0 Å². The largest absolute Gasteiger partial charge is 0.288 e. The van der Waals surface area contributed by atoms with Crippen molar-refractivity contribution >= 4 is 5.71 Å². The van der Waals surface area contributed by atoms with Crippen LogP contribution in [0.1, 0.15) is 20.3 Å². The van der Waals surface area contributed by atoms with Gasteiger partial charge in [0.15, 0.2) is 0 Å². The molecule has 0 aromatic carbocycles. The Labute approximate surface area is 86.2 Å². The summed E-state index contributed by atoms with van der Waals surface area (Å²) in [4.78, 5) is 4.26. The third kappa shape index (κ3) is 2.84. The van der Waals surface area contributed by atoms with Gasteiger partial charge in [0.05, 0.1) is 5.71 Å². The van der Waals surface area contributed by atoms with Crippen molar-refractivity contribution in [2.45, 2.75) is 20.3 Å². The molecule has 0 saturated carbocycles. The summed E-state index contributed by atoms with van der Waals surface area (Å²) in [6.45, 7) is 4.13. The van der Waals surface area contributed by atoms with E-state index in [1.165, 1.54) is 11.1 Å². The molecule has 0 atom stereocenters. The first kappa shape index (κ1) is 10.7. The van der Waals surface area contributed by atoms with Crippen molar-refractivity contribution in [3.8, 4) is 0 Å². The van der Waals surface area contributed by atoms with Crippen LogP contribution < -0.4 is 0 Å². The maximum absolute atomic E-state index is 4.26. The molecule has 0 amide bonds. The third-order valence-corrected chi connectivity index (χ3v) is 2.12. The van der Waals surface area contributed by atoms with E-state index in [4.69, 9.17) is 0 Å². The van der Waals surface area contributed by atoms with Crippen LogP contribution in [0, 0.1) is 0 Å². The zero-order valence-electron chi connectivity index (χ0n) is 9.12. The van der Waals surface area contributed by atoms with Gasteiger partial charge in [-0.25, -0.2) is 0 Å². The maximum Gasteiger partial charge on any atom is 0.0639 e. The minimum Gasteiger partial charge on any atom is -0.288 e. The quantitative estimate of drug-likeness (QED) is 0.587. The van der Waals surface area contributed by atoms with Crippen LogP contribution in [0.25, 0.3) is 0 Å². The predicted octanol–water partition coefficient (Wildman–Crippen LogP) is 3.47. The molecule has 1 heteroatoms. The zero-order valence-corrected chi connectivity index (χ0v) is 9.12. The van der Waals surface area contributed by atoms with E-state index >= 15 is 0 Å². The fraction of sp³-hybridized carbons (Fsp3) is 0.308. The Bertz CT molecular complexity index is 338. The number of nitrogens with zero attached hydrogens (tertiary/aromatic N) is 1. The van der Waals surface area contributed by atoms with Crippen LogP contribution in [0.2, 0.25) is 0 Å². The number of hydrogen-bond donors (Lipinski definition) is 0. The standard InChI is InChI=1S/C13H17N/c1-4-7-13(14-3)12-9-6-5-8-11(2)10-12/h4,6-10H,5H2,1-3H3/b7-4-,14-13+. The summed E-state index contributed by atoms with van der Waals surface area (Å²) in [5.74, 6) is 0. The van der Waals surface area contributed by atoms with Gasteiger partial charge in [0, 0.05) is 7.05 Å². The van der Waals surface area contributed by atoms with Gasteiger partial charge in [-0.05, 0) is 31.9 Å². The number of aliphatic imine (C=N–C) groups is 1. The summed E-state index contributed by atoms with van der Waals surface area (Å²) >= 11 is 0. The second-order valence-corrected chi connectivity index (χ2v) is 3.29. The molecule has 74 valence electrons. The molecule has 1 nitrogen and oxygen atoms in total. The Hall–Kier alpha value is -1.37. The average molecular weight is 187 g/mol. The van der Waals surface area contributed by atoms with Gasteiger partial charge >= 0.3 is 0 Å². The van der Waals surface area contributed by atoms with Crippen molar-refractivity contribution in [1.82, 2.24) is 0 Å². The fourth-order valence-corrected chi connectivity index (χ4v) is 1.42. The normalized spacial score (nSPS) is 18.1. The number of rotatable bonds is 2. The van der Waals surface area contributed by atoms with Crippen LogP contribution in [0.15, 0.2) is 52.6 Å². The Morgan fingerprint density at radius 2 is 2.29 bits per heavy atom. The maximum atomic E-state index is 4.26. The molecular weight excluding hydrogens is 170 g/mol. The lowest BCUT2D eigenvalue weighted by molar-refractivity contribution is 1.35. The van der Waals surface area contributed by atoms with Gasteiger partial charge in [-0.2, -0.15) is 0 Å². The molecule has 14 heavy (non-hydrogen) atoms. The van der Waals surface area contributed by atoms with Crippen LogP contribution in [-0.4, -0.2) is 12.8 Å². The van der Waals surface area contributed by atoms with Crippen molar-refractivity contribution in [1.29, 1.82) is 0 Å². The summed E-state index contributed by atoms with van der Waals surface area (Å²) in [6.07, 6.45) is 13.7. The molecule has 1 aliphatic carbocycles. The molecule has 0 radical (unpaired) electrons. The van der Waals surface area contributed by atoms with Crippen molar-refractivity contribution in [2.24, 2.45) is 4.99 Å². The fourth-order valence-electron chi connectivity index (χ4n) is 1.42. The molecule has 0 unspecified atom stereocenters. The molecule has 0 aliphatic heterocycles. The first-order valence-corrected chi connectivity index (χ1v) is 4.92. The summed E-state index contributed by atoms with van der Waals surface area (Å²) < 4.78 is 0. The van der Waals surface area contributed by atoms with Gasteiger partial charge in [-0.3, -0.25) is 4.99 Å². The lowest BCUT2D eigenvalue weighted by Crippen LogP contribution is -1.96. The molecule has 0 fully saturated rings. The van der Waals surface area contributed by atoms with Crippen LogP contribution >= 0.6 is 0 Å². The molecule has 0 bridgehead atoms. The summed E-state index contributed by atoms with van der Waals surface area (Å²) in [5.41, 5.74) is 3.53. The van der Waals surface area contributed by atoms with Crippen molar-refractivity contribution in [3.63, 3.8) is 0 Å². The Balaban J connectivity index is 3.01. The van der Waals surface area contributed by atoms with Crippen molar-refractivity contribution in [3.05, 3.63) is 47.6 Å². The molecule has 1 aliphatic rings. The topological polar surface area (TPSA) is 12.4 Å². The van der Waals surface area contributed by atoms with E-state index in [1.807, 2.05) is 26.1 Å².